The lowest BCUT2D eigenvalue weighted by Gasteiger charge is -2.29. The van der Waals surface area contributed by atoms with Crippen molar-refractivity contribution >= 4 is 17.5 Å². The van der Waals surface area contributed by atoms with Crippen LogP contribution in [-0.2, 0) is 15.8 Å². The van der Waals surface area contributed by atoms with Gasteiger partial charge < -0.3 is 10.2 Å². The Labute approximate surface area is 226 Å². The molecule has 0 fully saturated rings. The molecule has 1 aliphatic rings. The van der Waals surface area contributed by atoms with Gasteiger partial charge in [-0.25, -0.2) is 24.9 Å². The predicted molar refractivity (Wildman–Crippen MR) is 139 cm³/mol. The summed E-state index contributed by atoms with van der Waals surface area (Å²) in [6.07, 6.45) is -0.177. The second-order valence-electron chi connectivity index (χ2n) is 9.35. The number of anilines is 2. The quantitative estimate of drug-likeness (QED) is 0.205. The van der Waals surface area contributed by atoms with E-state index in [0.717, 1.165) is 17.3 Å². The third-order valence-corrected chi connectivity index (χ3v) is 6.26. The first-order valence-corrected chi connectivity index (χ1v) is 12.3. The molecule has 1 unspecified atom stereocenters. The number of halogens is 4. The number of aromatic amines is 1. The van der Waals surface area contributed by atoms with Gasteiger partial charge in [-0.15, -0.1) is 0 Å². The summed E-state index contributed by atoms with van der Waals surface area (Å²) in [5.41, 5.74) is 1.95. The summed E-state index contributed by atoms with van der Waals surface area (Å²) >= 11 is 0. The summed E-state index contributed by atoms with van der Waals surface area (Å²) in [5.74, 6) is -0.264. The lowest BCUT2D eigenvalue weighted by Crippen LogP contribution is -2.35. The molecule has 0 bridgehead atoms. The minimum atomic E-state index is -4.87. The van der Waals surface area contributed by atoms with Gasteiger partial charge in [-0.1, -0.05) is 29.3 Å². The van der Waals surface area contributed by atoms with Crippen molar-refractivity contribution in [3.05, 3.63) is 75.7 Å². The molecule has 40 heavy (non-hydrogen) atoms. The predicted octanol–water partition coefficient (Wildman–Crippen LogP) is 3.85. The Morgan fingerprint density at radius 2 is 1.93 bits per heavy atom. The first-order chi connectivity index (χ1) is 19.0. The van der Waals surface area contributed by atoms with Crippen LogP contribution >= 0.6 is 0 Å². The summed E-state index contributed by atoms with van der Waals surface area (Å²) < 4.78 is 53.6. The third kappa shape index (κ3) is 7.00. The SMILES string of the molecule is CC1=C(CC(=O)NOCC(C)Nc2cn[nH]c(=O)c2C(F)(F)F)CCN(c2ncc(-c3ccccc3F)cn2)C1. The number of hydrogen-bond acceptors (Lipinski definition) is 8. The fraction of sp³-hybridized carbons (Fsp3) is 0.346. The summed E-state index contributed by atoms with van der Waals surface area (Å²) in [5, 5.41) is 7.69. The number of rotatable bonds is 9. The van der Waals surface area contributed by atoms with Gasteiger partial charge in [0.2, 0.25) is 11.9 Å². The van der Waals surface area contributed by atoms with Gasteiger partial charge >= 0.3 is 6.18 Å². The fourth-order valence-corrected chi connectivity index (χ4v) is 4.26. The summed E-state index contributed by atoms with van der Waals surface area (Å²) in [6.45, 7) is 4.35. The Morgan fingerprint density at radius 3 is 2.60 bits per heavy atom. The van der Waals surface area contributed by atoms with E-state index in [-0.39, 0.29) is 18.8 Å². The fourth-order valence-electron chi connectivity index (χ4n) is 4.26. The van der Waals surface area contributed by atoms with E-state index < -0.39 is 34.9 Å². The number of alkyl halides is 3. The van der Waals surface area contributed by atoms with Gasteiger partial charge in [0.15, 0.2) is 0 Å². The Morgan fingerprint density at radius 1 is 1.20 bits per heavy atom. The van der Waals surface area contributed by atoms with Gasteiger partial charge in [0, 0.05) is 42.7 Å². The molecule has 0 spiro atoms. The molecule has 1 amide bonds. The van der Waals surface area contributed by atoms with Crippen molar-refractivity contribution in [1.82, 2.24) is 25.6 Å². The molecule has 3 N–H and O–H groups in total. The molecule has 10 nitrogen and oxygen atoms in total. The molecule has 2 aromatic heterocycles. The lowest BCUT2D eigenvalue weighted by atomic mass is 9.98. The van der Waals surface area contributed by atoms with Gasteiger partial charge in [0.25, 0.3) is 5.56 Å². The van der Waals surface area contributed by atoms with E-state index in [1.54, 1.807) is 35.7 Å². The molecule has 3 aromatic rings. The van der Waals surface area contributed by atoms with E-state index in [4.69, 9.17) is 4.84 Å². The topological polar surface area (TPSA) is 125 Å². The van der Waals surface area contributed by atoms with Crippen LogP contribution in [0.15, 0.2) is 58.8 Å². The van der Waals surface area contributed by atoms with Crippen molar-refractivity contribution in [3.63, 3.8) is 0 Å². The number of carbonyl (C=O) groups is 1. The van der Waals surface area contributed by atoms with E-state index in [2.05, 4.69) is 25.9 Å². The molecule has 3 heterocycles. The molecule has 0 saturated heterocycles. The molecule has 1 atom stereocenters. The van der Waals surface area contributed by atoms with Gasteiger partial charge in [-0.05, 0) is 26.3 Å². The van der Waals surface area contributed by atoms with Crippen molar-refractivity contribution in [2.24, 2.45) is 0 Å². The zero-order chi connectivity index (χ0) is 28.9. The highest BCUT2D eigenvalue weighted by Gasteiger charge is 2.37. The second-order valence-corrected chi connectivity index (χ2v) is 9.35. The lowest BCUT2D eigenvalue weighted by molar-refractivity contribution is -0.138. The van der Waals surface area contributed by atoms with Crippen LogP contribution in [0.5, 0.6) is 0 Å². The van der Waals surface area contributed by atoms with E-state index in [1.165, 1.54) is 13.0 Å². The van der Waals surface area contributed by atoms with Gasteiger partial charge in [0.1, 0.15) is 11.4 Å². The third-order valence-electron chi connectivity index (χ3n) is 6.26. The Bertz CT molecular complexity index is 1440. The molecule has 1 aliphatic heterocycles. The zero-order valence-electron chi connectivity index (χ0n) is 21.7. The highest BCUT2D eigenvalue weighted by molar-refractivity contribution is 5.77. The van der Waals surface area contributed by atoms with Crippen LogP contribution in [0.3, 0.4) is 0 Å². The Kier molecular flexibility index (Phi) is 8.77. The molecule has 0 aliphatic carbocycles. The average molecular weight is 562 g/mol. The molecular weight excluding hydrogens is 534 g/mol. The standard InChI is InChI=1S/C26H27F4N7O3/c1-15-13-37(25-31-10-18(11-32-25)19-5-3-4-6-20(19)27)8-7-17(15)9-22(38)36-40-14-16(2)34-21-12-33-35-24(39)23(21)26(28,29)30/h3-6,10-12,16H,7-9,13-14H2,1-2H3,(H,36,38)(H2,34,35,39). The molecule has 14 heteroatoms. The molecule has 1 aromatic carbocycles. The maximum Gasteiger partial charge on any atom is 0.423 e. The zero-order valence-corrected chi connectivity index (χ0v) is 21.7. The highest BCUT2D eigenvalue weighted by atomic mass is 19.4. The van der Waals surface area contributed by atoms with Crippen LogP contribution in [0, 0.1) is 5.82 Å². The number of benzene rings is 1. The monoisotopic (exact) mass is 561 g/mol. The smallest absolute Gasteiger partial charge is 0.378 e. The van der Waals surface area contributed by atoms with E-state index in [0.29, 0.717) is 36.6 Å². The number of hydroxylamine groups is 1. The highest BCUT2D eigenvalue weighted by Crippen LogP contribution is 2.31. The first kappa shape index (κ1) is 28.7. The van der Waals surface area contributed by atoms with Crippen LogP contribution in [0.1, 0.15) is 32.3 Å². The van der Waals surface area contributed by atoms with Crippen molar-refractivity contribution in [2.75, 3.05) is 29.9 Å². The minimum absolute atomic E-state index is 0.0881. The van der Waals surface area contributed by atoms with Crippen LogP contribution in [0.2, 0.25) is 0 Å². The van der Waals surface area contributed by atoms with E-state index >= 15 is 0 Å². The second kappa shape index (κ2) is 12.2. The molecule has 4 rings (SSSR count). The maximum atomic E-state index is 14.0. The van der Waals surface area contributed by atoms with Crippen molar-refractivity contribution in [3.8, 4) is 11.1 Å². The maximum absolute atomic E-state index is 14.0. The minimum Gasteiger partial charge on any atom is -0.378 e. The van der Waals surface area contributed by atoms with E-state index in [1.807, 2.05) is 11.8 Å². The van der Waals surface area contributed by atoms with Crippen LogP contribution in [-0.4, -0.2) is 51.8 Å². The van der Waals surface area contributed by atoms with Crippen molar-refractivity contribution < 1.29 is 27.2 Å². The normalized spacial score (nSPS) is 14.7. The number of carbonyl (C=O) groups excluding carboxylic acids is 1. The number of aromatic nitrogens is 4. The number of H-pyrrole nitrogens is 1. The van der Waals surface area contributed by atoms with Crippen LogP contribution in [0.4, 0.5) is 29.2 Å². The number of amides is 1. The molecule has 0 radical (unpaired) electrons. The molecular formula is C26H27F4N7O3. The Hall–Kier alpha value is -4.33. The van der Waals surface area contributed by atoms with Gasteiger partial charge in [0.05, 0.1) is 24.9 Å². The molecule has 0 saturated carbocycles. The summed E-state index contributed by atoms with van der Waals surface area (Å²) in [6, 6.07) is 5.71. The van der Waals surface area contributed by atoms with Crippen LogP contribution in [0.25, 0.3) is 11.1 Å². The van der Waals surface area contributed by atoms with Crippen LogP contribution < -0.4 is 21.3 Å². The molecule has 212 valence electrons. The largest absolute Gasteiger partial charge is 0.423 e. The van der Waals surface area contributed by atoms with E-state index in [9.17, 15) is 27.2 Å². The number of hydrogen-bond donors (Lipinski definition) is 3. The number of nitrogens with one attached hydrogen (secondary N) is 3. The van der Waals surface area contributed by atoms with Crippen molar-refractivity contribution in [2.45, 2.75) is 38.9 Å². The van der Waals surface area contributed by atoms with Crippen molar-refractivity contribution in [1.29, 1.82) is 0 Å². The summed E-state index contributed by atoms with van der Waals surface area (Å²) in [4.78, 5) is 39.9. The first-order valence-electron chi connectivity index (χ1n) is 12.3. The summed E-state index contributed by atoms with van der Waals surface area (Å²) in [7, 11) is 0. The number of nitrogens with zero attached hydrogens (tertiary/aromatic N) is 4. The van der Waals surface area contributed by atoms with Gasteiger partial charge in [-0.2, -0.15) is 18.3 Å². The van der Waals surface area contributed by atoms with Gasteiger partial charge in [-0.3, -0.25) is 14.4 Å². The average Bonchev–Trinajstić information content (AvgIpc) is 2.89. The Balaban J connectivity index is 1.26.